The molecule has 0 aliphatic heterocycles. The molecule has 0 aromatic rings. The number of hydrogen-bond donors (Lipinski definition) is 3. The molecule has 0 aliphatic carbocycles. The molecule has 3 heteroatoms. The Labute approximate surface area is 37.3 Å². The quantitative estimate of drug-likeness (QED) is 0.359. The predicted octanol–water partition coefficient (Wildman–Crippen LogP) is -1.67. The number of aliphatic hydroxyl groups is 3. The van der Waals surface area contributed by atoms with Crippen molar-refractivity contribution in [1.29, 1.82) is 0 Å². The monoisotopic (exact) mass is 94.1 g/mol. The molecule has 0 rings (SSSR count). The molecule has 0 spiro atoms. The minimum atomic E-state index is -1.58. The van der Waals surface area contributed by atoms with Crippen LogP contribution in [0.4, 0.5) is 0 Å². The molecular formula is C3H8O3. The average molecular weight is 94.1 g/mol. The van der Waals surface area contributed by atoms with Gasteiger partial charge in [-0.2, -0.15) is 0 Å². The summed E-state index contributed by atoms with van der Waals surface area (Å²) in [6.07, 6.45) is -1.32. The van der Waals surface area contributed by atoms with Gasteiger partial charge in [0.25, 0.3) is 0 Å². The number of rotatable bonds is 2. The molecule has 3 N–H and O–H groups in total. The van der Waals surface area contributed by atoms with Gasteiger partial charge in [0, 0.05) is 0 Å². The fourth-order valence-corrected chi connectivity index (χ4v) is 0.0471. The first-order chi connectivity index (χ1) is 3.18. The lowest BCUT2D eigenvalue weighted by Gasteiger charge is -1.96. The first-order valence-electron chi connectivity index (χ1n) is 2.15. The summed E-state index contributed by atoms with van der Waals surface area (Å²) in [5.74, 6) is 0. The highest BCUT2D eigenvalue weighted by atomic mass is 16.4. The van der Waals surface area contributed by atoms with Crippen molar-refractivity contribution in [3.8, 4) is 0 Å². The summed E-state index contributed by atoms with van der Waals surface area (Å²) in [7, 11) is 0. The average Bonchev–Trinajstić information content (AvgIpc) is 1.65. The summed E-state index contributed by atoms with van der Waals surface area (Å²) < 4.78 is 6.33. The van der Waals surface area contributed by atoms with E-state index in [1.807, 2.05) is 0 Å². The van der Waals surface area contributed by atoms with Crippen LogP contribution in [0, 0.1) is 0 Å². The lowest BCUT2D eigenvalue weighted by Crippen LogP contribution is -2.15. The minimum absolute atomic E-state index is 0.565. The highest BCUT2D eigenvalue weighted by molar-refractivity contribution is 4.43. The Hall–Kier alpha value is -0.120. The van der Waals surface area contributed by atoms with Gasteiger partial charge in [-0.05, 0) is 0 Å². The van der Waals surface area contributed by atoms with Gasteiger partial charge < -0.3 is 15.3 Å². The lowest BCUT2D eigenvalue weighted by atomic mass is 10.6. The second-order valence-electron chi connectivity index (χ2n) is 0.899. The summed E-state index contributed by atoms with van der Waals surface area (Å²) >= 11 is 0. The van der Waals surface area contributed by atoms with E-state index < -0.39 is 19.3 Å². The standard InChI is InChI=1S/C3H8O3/c4-1-3(6)2-5/h3-6H,1-2H2/i1+1D/t1-,3+/m1/s1. The molecule has 0 aromatic heterocycles. The van der Waals surface area contributed by atoms with Gasteiger partial charge in [0.2, 0.25) is 0 Å². The van der Waals surface area contributed by atoms with Gasteiger partial charge in [0.15, 0.2) is 0 Å². The molecule has 6 heavy (non-hydrogen) atoms. The molecule has 0 radical (unpaired) electrons. The smallest absolute Gasteiger partial charge is 0.100 e. The Morgan fingerprint density at radius 3 is 2.17 bits per heavy atom. The lowest BCUT2D eigenvalue weighted by molar-refractivity contribution is 0.0450. The van der Waals surface area contributed by atoms with Crippen molar-refractivity contribution < 1.29 is 16.7 Å². The van der Waals surface area contributed by atoms with Crippen LogP contribution in [0.2, 0.25) is 0 Å². The highest BCUT2D eigenvalue weighted by Gasteiger charge is 1.93. The topological polar surface area (TPSA) is 60.7 Å². The van der Waals surface area contributed by atoms with E-state index in [2.05, 4.69) is 0 Å². The molecule has 0 saturated heterocycles. The van der Waals surface area contributed by atoms with Crippen LogP contribution in [0.5, 0.6) is 0 Å². The molecule has 2 atom stereocenters. The molecule has 0 aliphatic rings. The van der Waals surface area contributed by atoms with Crippen molar-refractivity contribution in [2.75, 3.05) is 13.2 Å². The van der Waals surface area contributed by atoms with E-state index in [9.17, 15) is 0 Å². The van der Waals surface area contributed by atoms with Crippen LogP contribution in [0.3, 0.4) is 0 Å². The summed E-state index contributed by atoms with van der Waals surface area (Å²) in [5, 5.41) is 24.3. The van der Waals surface area contributed by atoms with Crippen molar-refractivity contribution in [3.63, 3.8) is 0 Å². The van der Waals surface area contributed by atoms with E-state index >= 15 is 0 Å². The maximum Gasteiger partial charge on any atom is 0.100 e. The second kappa shape index (κ2) is 3.08. The Bertz CT molecular complexity index is 47.4. The van der Waals surface area contributed by atoms with Gasteiger partial charge in [-0.15, -0.1) is 0 Å². The van der Waals surface area contributed by atoms with E-state index in [1.54, 1.807) is 0 Å². The Morgan fingerprint density at radius 1 is 1.67 bits per heavy atom. The van der Waals surface area contributed by atoms with Crippen LogP contribution in [0.15, 0.2) is 0 Å². The van der Waals surface area contributed by atoms with Gasteiger partial charge in [-0.25, -0.2) is 0 Å². The fraction of sp³-hybridized carbons (Fsp3) is 1.00. The summed E-state index contributed by atoms with van der Waals surface area (Å²) in [6.45, 7) is -2.14. The van der Waals surface area contributed by atoms with Crippen molar-refractivity contribution in [2.45, 2.75) is 6.10 Å². The van der Waals surface area contributed by atoms with Crippen molar-refractivity contribution in [1.82, 2.24) is 0 Å². The minimum Gasteiger partial charge on any atom is -0.394 e. The number of hydrogen-bond acceptors (Lipinski definition) is 3. The van der Waals surface area contributed by atoms with Crippen LogP contribution in [-0.2, 0) is 0 Å². The summed E-state index contributed by atoms with van der Waals surface area (Å²) in [5.41, 5.74) is 0. The Balaban J connectivity index is 3.14. The second-order valence-corrected chi connectivity index (χ2v) is 0.899. The zero-order valence-corrected chi connectivity index (χ0v) is 3.20. The molecule has 0 amide bonds. The highest BCUT2D eigenvalue weighted by Crippen LogP contribution is 1.71. The van der Waals surface area contributed by atoms with E-state index in [-0.39, 0.29) is 0 Å². The van der Waals surface area contributed by atoms with E-state index in [0.717, 1.165) is 0 Å². The first-order valence-corrected chi connectivity index (χ1v) is 1.57. The van der Waals surface area contributed by atoms with Gasteiger partial charge in [-0.3, -0.25) is 0 Å². The number of aliphatic hydroxyl groups excluding tert-OH is 3. The van der Waals surface area contributed by atoms with E-state index in [0.29, 0.717) is 0 Å². The summed E-state index contributed by atoms with van der Waals surface area (Å²) in [6, 6.07) is 0. The maximum atomic E-state index is 8.25. The zero-order valence-electron chi connectivity index (χ0n) is 4.20. The first kappa shape index (κ1) is 4.05. The van der Waals surface area contributed by atoms with Crippen LogP contribution in [0.25, 0.3) is 0 Å². The Morgan fingerprint density at radius 2 is 2.17 bits per heavy atom. The maximum absolute atomic E-state index is 8.25. The van der Waals surface area contributed by atoms with Crippen LogP contribution in [-0.4, -0.2) is 34.6 Å². The third kappa shape index (κ3) is 2.14. The molecule has 38 valence electrons. The Kier molecular flexibility index (Phi) is 2.08. The molecule has 0 aromatic carbocycles. The van der Waals surface area contributed by atoms with Crippen molar-refractivity contribution in [3.05, 3.63) is 0 Å². The molecule has 3 nitrogen and oxygen atoms in total. The van der Waals surface area contributed by atoms with Gasteiger partial charge in [0.1, 0.15) is 6.10 Å². The normalized spacial score (nSPS) is 22.2. The molecular weight excluding hydrogens is 85.0 g/mol. The SMILES string of the molecule is [2H][13C@@H](O)[C@H](O)CO. The van der Waals surface area contributed by atoms with E-state index in [1.165, 1.54) is 0 Å². The predicted molar refractivity (Wildman–Crippen MR) is 20.2 cm³/mol. The fourth-order valence-electron chi connectivity index (χ4n) is 0.0471. The largest absolute Gasteiger partial charge is 0.394 e. The summed E-state index contributed by atoms with van der Waals surface area (Å²) in [4.78, 5) is 0. The molecule has 0 saturated carbocycles. The van der Waals surface area contributed by atoms with Gasteiger partial charge in [-0.1, -0.05) is 0 Å². The molecule has 0 unspecified atom stereocenters. The third-order valence-electron chi connectivity index (χ3n) is 0.359. The molecule has 0 heterocycles. The van der Waals surface area contributed by atoms with Gasteiger partial charge in [0.05, 0.1) is 14.6 Å². The molecule has 0 fully saturated rings. The van der Waals surface area contributed by atoms with Crippen molar-refractivity contribution in [2.24, 2.45) is 0 Å². The van der Waals surface area contributed by atoms with Crippen LogP contribution < -0.4 is 0 Å². The van der Waals surface area contributed by atoms with Crippen LogP contribution in [0.1, 0.15) is 1.37 Å². The van der Waals surface area contributed by atoms with Crippen LogP contribution >= 0.6 is 0 Å². The van der Waals surface area contributed by atoms with Crippen molar-refractivity contribution >= 4 is 0 Å². The zero-order chi connectivity index (χ0) is 5.86. The molecule has 0 bridgehead atoms. The van der Waals surface area contributed by atoms with E-state index in [4.69, 9.17) is 16.7 Å². The van der Waals surface area contributed by atoms with Gasteiger partial charge >= 0.3 is 0 Å². The third-order valence-corrected chi connectivity index (χ3v) is 0.359.